The van der Waals surface area contributed by atoms with Gasteiger partial charge in [-0.3, -0.25) is 14.4 Å². The molecule has 70 heavy (non-hydrogen) atoms. The van der Waals surface area contributed by atoms with Gasteiger partial charge in [-0.05, 0) is 77.1 Å². The first kappa shape index (κ1) is 42.0. The standard InChI is InChI=1S/C51H66N2O17/c1-11-64-23-22-35(56)52-28(3)43(59)67-39(37(30-18-14-12-15-19-30)53-46(62)70-47(5,6)7)45(61)66-32-25-51(63)42(68-44(60)31-20-16-13-17-21-31)40-49(10,41(58)38(57)36(27(32)2)48(51,8)9)33(55)24-34-50(40,26-65-34)69-29(4)54/h12-21,28,32-34,37-40,42,55,57,63H,11,22-26H2,1-10H3,(H,52,56)(H,53,62)/t28?,32-,33-,34+,37-,38+,39+,40-,42-,49+,50-,51+/m0/s1/i5D3,6D3,7D3. The number of Topliss-reactive ketones (excluding diaryl/α,β-unsaturated/α-hetero) is 1. The topological polar surface area (TPSA) is 269 Å². The molecular formula is C51H66N2O17. The second kappa shape index (κ2) is 20.5. The molecule has 2 aromatic carbocycles. The Morgan fingerprint density at radius 3 is 2.17 bits per heavy atom. The monoisotopic (exact) mass is 987 g/mol. The molecule has 3 aliphatic carbocycles. The van der Waals surface area contributed by atoms with Gasteiger partial charge in [0.15, 0.2) is 11.4 Å². The molecular weight excluding hydrogens is 913 g/mol. The number of nitrogens with one attached hydrogen (secondary N) is 2. The lowest BCUT2D eigenvalue weighted by Crippen LogP contribution is -2.81. The summed E-state index contributed by atoms with van der Waals surface area (Å²) in [5.41, 5.74) is -13.5. The summed E-state index contributed by atoms with van der Waals surface area (Å²) in [7, 11) is 0. The number of aliphatic hydroxyl groups excluding tert-OH is 2. The van der Waals surface area contributed by atoms with Crippen molar-refractivity contribution in [3.05, 3.63) is 82.9 Å². The third-order valence-corrected chi connectivity index (χ3v) is 14.0. The summed E-state index contributed by atoms with van der Waals surface area (Å²) in [6.07, 6.45) is -15.0. The van der Waals surface area contributed by atoms with E-state index in [2.05, 4.69) is 10.6 Å². The van der Waals surface area contributed by atoms with Crippen LogP contribution in [0.2, 0.25) is 0 Å². The SMILES string of the molecule is [2H]C([2H])([2H])C(OC(=O)N[C@@H](c1ccccc1)[C@@H](OC(=O)C(C)NC(=O)CCOCC)C(=O)O[C@H]1C[C@@]2(O)[C@@H](OC(=O)c3ccccc3)[C@@H]3[C@]4(OC(C)=O)CO[C@@H]4C[C@H](O)[C@@]3(C)C(=O)[C@H](O)C(=C1C)C2(C)C)(C([2H])([2H])[2H])C([2H])([2H])[2H]. The van der Waals surface area contributed by atoms with E-state index >= 15 is 9.59 Å². The minimum absolute atomic E-state index is 0.0553. The number of amides is 2. The molecule has 2 saturated carbocycles. The van der Waals surface area contributed by atoms with Crippen molar-refractivity contribution in [1.82, 2.24) is 10.6 Å². The average Bonchev–Trinajstić information content (AvgIpc) is 2.18. The zero-order valence-corrected chi connectivity index (χ0v) is 39.8. The average molecular weight is 988 g/mol. The summed E-state index contributed by atoms with van der Waals surface area (Å²) in [5, 5.41) is 42.8. The Hall–Kier alpha value is -5.73. The first-order valence-electron chi connectivity index (χ1n) is 27.2. The van der Waals surface area contributed by atoms with Crippen molar-refractivity contribution < 1.29 is 94.4 Å². The highest BCUT2D eigenvalue weighted by Gasteiger charge is 2.78. The molecule has 0 spiro atoms. The molecule has 3 fully saturated rings. The fourth-order valence-corrected chi connectivity index (χ4v) is 10.4. The number of hydrogen-bond donors (Lipinski definition) is 5. The van der Waals surface area contributed by atoms with Gasteiger partial charge in [0.25, 0.3) is 0 Å². The summed E-state index contributed by atoms with van der Waals surface area (Å²) in [6.45, 7) is -3.13. The molecule has 2 amide bonds. The van der Waals surface area contributed by atoms with Crippen molar-refractivity contribution in [3.63, 3.8) is 0 Å². The predicted octanol–water partition coefficient (Wildman–Crippen LogP) is 3.74. The van der Waals surface area contributed by atoms with Crippen LogP contribution in [-0.2, 0) is 57.1 Å². The third kappa shape index (κ3) is 10.2. The van der Waals surface area contributed by atoms with Crippen molar-refractivity contribution in [2.75, 3.05) is 19.8 Å². The number of ether oxygens (including phenoxy) is 7. The van der Waals surface area contributed by atoms with Crippen LogP contribution >= 0.6 is 0 Å². The molecule has 4 aliphatic rings. The van der Waals surface area contributed by atoms with Crippen molar-refractivity contribution >= 4 is 41.7 Å². The minimum Gasteiger partial charge on any atom is -0.455 e. The van der Waals surface area contributed by atoms with Gasteiger partial charge in [-0.2, -0.15) is 0 Å². The van der Waals surface area contributed by atoms with Crippen LogP contribution in [0.25, 0.3) is 0 Å². The second-order valence-electron chi connectivity index (χ2n) is 18.8. The maximum absolute atomic E-state index is 15.3. The van der Waals surface area contributed by atoms with Crippen molar-refractivity contribution in [1.29, 1.82) is 0 Å². The quantitative estimate of drug-likeness (QED) is 0.0736. The zero-order valence-electron chi connectivity index (χ0n) is 48.8. The lowest BCUT2D eigenvalue weighted by molar-refractivity contribution is -0.346. The first-order valence-corrected chi connectivity index (χ1v) is 22.7. The number of benzene rings is 2. The van der Waals surface area contributed by atoms with Crippen LogP contribution in [0.15, 0.2) is 71.8 Å². The molecule has 1 aliphatic heterocycles. The zero-order chi connectivity index (χ0) is 59.2. The molecule has 0 radical (unpaired) electrons. The summed E-state index contributed by atoms with van der Waals surface area (Å²) in [4.78, 5) is 99.2. The number of rotatable bonds is 15. The highest BCUT2D eigenvalue weighted by atomic mass is 16.6. The largest absolute Gasteiger partial charge is 0.455 e. The molecule has 19 heteroatoms. The molecule has 2 bridgehead atoms. The van der Waals surface area contributed by atoms with E-state index < -0.39 is 158 Å². The van der Waals surface area contributed by atoms with Gasteiger partial charge in [-0.15, -0.1) is 0 Å². The highest BCUT2D eigenvalue weighted by Crippen LogP contribution is 2.64. The lowest BCUT2D eigenvalue weighted by Gasteiger charge is -2.67. The highest BCUT2D eigenvalue weighted by molar-refractivity contribution is 5.94. The Labute approximate surface area is 419 Å². The fraction of sp³-hybridized carbons (Fsp3) is 0.588. The van der Waals surface area contributed by atoms with Crippen LogP contribution < -0.4 is 10.6 Å². The first-order chi connectivity index (χ1) is 36.5. The van der Waals surface area contributed by atoms with Gasteiger partial charge in [-0.25, -0.2) is 19.2 Å². The number of alkyl carbamates (subject to hydrolysis) is 1. The molecule has 1 heterocycles. The molecule has 19 nitrogen and oxygen atoms in total. The fourth-order valence-electron chi connectivity index (χ4n) is 10.4. The van der Waals surface area contributed by atoms with Gasteiger partial charge in [0.1, 0.15) is 47.7 Å². The van der Waals surface area contributed by atoms with E-state index in [1.807, 2.05) is 0 Å². The van der Waals surface area contributed by atoms with E-state index in [1.54, 1.807) is 13.0 Å². The van der Waals surface area contributed by atoms with Gasteiger partial charge in [0.2, 0.25) is 12.0 Å². The maximum Gasteiger partial charge on any atom is 0.408 e. The summed E-state index contributed by atoms with van der Waals surface area (Å²) in [5.74, 6) is -8.52. The summed E-state index contributed by atoms with van der Waals surface area (Å²) in [6, 6.07) is 10.4. The Kier molecular flexibility index (Phi) is 12.3. The molecule has 12 atom stereocenters. The van der Waals surface area contributed by atoms with Gasteiger partial charge >= 0.3 is 30.0 Å². The lowest BCUT2D eigenvalue weighted by atomic mass is 9.44. The van der Waals surface area contributed by atoms with Crippen LogP contribution in [0, 0.1) is 16.7 Å². The second-order valence-corrected chi connectivity index (χ2v) is 18.8. The van der Waals surface area contributed by atoms with Crippen LogP contribution in [0.3, 0.4) is 0 Å². The predicted molar refractivity (Wildman–Crippen MR) is 246 cm³/mol. The number of carbonyl (C=O) groups is 7. The van der Waals surface area contributed by atoms with Crippen molar-refractivity contribution in [2.45, 2.75) is 154 Å². The number of esters is 4. The number of ketones is 1. The van der Waals surface area contributed by atoms with Gasteiger partial charge in [0.05, 0.1) is 36.2 Å². The van der Waals surface area contributed by atoms with Gasteiger partial charge in [0, 0.05) is 50.5 Å². The molecule has 382 valence electrons. The number of carbonyl (C=O) groups excluding carboxylic acids is 7. The molecule has 1 saturated heterocycles. The van der Waals surface area contributed by atoms with Crippen molar-refractivity contribution in [3.8, 4) is 0 Å². The van der Waals surface area contributed by atoms with E-state index in [4.69, 9.17) is 45.5 Å². The third-order valence-electron chi connectivity index (χ3n) is 14.0. The number of aliphatic hydroxyl groups is 3. The Bertz CT molecular complexity index is 2650. The Morgan fingerprint density at radius 2 is 1.59 bits per heavy atom. The van der Waals surface area contributed by atoms with E-state index in [0.717, 1.165) is 13.8 Å². The minimum atomic E-state index is -4.21. The van der Waals surface area contributed by atoms with Crippen LogP contribution in [0.4, 0.5) is 4.79 Å². The van der Waals surface area contributed by atoms with Crippen LogP contribution in [0.5, 0.6) is 0 Å². The molecule has 1 unspecified atom stereocenters. The molecule has 0 aromatic heterocycles. The number of hydrogen-bond acceptors (Lipinski definition) is 17. The smallest absolute Gasteiger partial charge is 0.408 e. The molecule has 2 aromatic rings. The molecule has 6 rings (SSSR count). The Morgan fingerprint density at radius 1 is 0.943 bits per heavy atom. The summed E-state index contributed by atoms with van der Waals surface area (Å²) < 4.78 is 113. The number of fused-ring (bicyclic) bond motifs is 5. The normalized spacial score (nSPS) is 32.7. The van der Waals surface area contributed by atoms with E-state index in [1.165, 1.54) is 82.3 Å². The maximum atomic E-state index is 15.3. The Balaban J connectivity index is 1.54. The van der Waals surface area contributed by atoms with Crippen molar-refractivity contribution in [2.24, 2.45) is 16.7 Å². The van der Waals surface area contributed by atoms with Crippen LogP contribution in [-0.4, -0.2) is 136 Å². The van der Waals surface area contributed by atoms with E-state index in [-0.39, 0.29) is 48.3 Å². The van der Waals surface area contributed by atoms with Crippen LogP contribution in [0.1, 0.15) is 123 Å². The molecule has 5 N–H and O–H groups in total. The summed E-state index contributed by atoms with van der Waals surface area (Å²) >= 11 is 0. The van der Waals surface area contributed by atoms with E-state index in [9.17, 15) is 39.3 Å². The van der Waals surface area contributed by atoms with Gasteiger partial charge < -0.3 is 59.1 Å². The van der Waals surface area contributed by atoms with Gasteiger partial charge in [-0.1, -0.05) is 62.4 Å². The van der Waals surface area contributed by atoms with E-state index in [0.29, 0.717) is 0 Å².